The molecule has 1 aliphatic carbocycles. The summed E-state index contributed by atoms with van der Waals surface area (Å²) in [5.74, 6) is -0.787. The van der Waals surface area contributed by atoms with Crippen molar-refractivity contribution in [2.45, 2.75) is 32.7 Å². The number of carbonyl (C=O) groups excluding carboxylic acids is 2. The Hall–Kier alpha value is -2.96. The zero-order valence-corrected chi connectivity index (χ0v) is 15.7. The van der Waals surface area contributed by atoms with Crippen LogP contribution in [0.25, 0.3) is 0 Å². The summed E-state index contributed by atoms with van der Waals surface area (Å²) in [5.41, 5.74) is 1.44. The van der Waals surface area contributed by atoms with Crippen LogP contribution in [0, 0.1) is 19.8 Å². The highest BCUT2D eigenvalue weighted by Crippen LogP contribution is 2.40. The Balaban J connectivity index is 1.66. The number of aromatic nitrogens is 2. The van der Waals surface area contributed by atoms with Crippen LogP contribution < -0.4 is 10.9 Å². The molecule has 0 aliphatic heterocycles. The summed E-state index contributed by atoms with van der Waals surface area (Å²) in [6.07, 6.45) is 2.12. The molecule has 1 saturated carbocycles. The first-order chi connectivity index (χ1) is 12.9. The van der Waals surface area contributed by atoms with Crippen molar-refractivity contribution in [2.75, 3.05) is 6.61 Å². The summed E-state index contributed by atoms with van der Waals surface area (Å²) >= 11 is 0. The highest BCUT2D eigenvalue weighted by atomic mass is 16.5. The number of nitrogens with one attached hydrogen (secondary N) is 1. The van der Waals surface area contributed by atoms with Gasteiger partial charge in [0.15, 0.2) is 6.61 Å². The van der Waals surface area contributed by atoms with E-state index in [-0.39, 0.29) is 17.5 Å². The van der Waals surface area contributed by atoms with Crippen molar-refractivity contribution in [1.82, 2.24) is 15.1 Å². The lowest BCUT2D eigenvalue weighted by Crippen LogP contribution is -2.35. The van der Waals surface area contributed by atoms with Gasteiger partial charge in [0.25, 0.3) is 11.5 Å². The van der Waals surface area contributed by atoms with Crippen LogP contribution in [0.2, 0.25) is 0 Å². The highest BCUT2D eigenvalue weighted by molar-refractivity contribution is 5.92. The number of rotatable bonds is 6. The molecule has 0 radical (unpaired) electrons. The predicted octanol–water partition coefficient (Wildman–Crippen LogP) is 1.82. The maximum atomic E-state index is 12.4. The van der Waals surface area contributed by atoms with E-state index in [4.69, 9.17) is 4.74 Å². The minimum Gasteiger partial charge on any atom is -0.452 e. The van der Waals surface area contributed by atoms with Crippen LogP contribution in [0.1, 0.15) is 46.1 Å². The number of amides is 1. The molecule has 7 nitrogen and oxygen atoms in total. The second kappa shape index (κ2) is 7.73. The second-order valence-corrected chi connectivity index (χ2v) is 6.88. The average Bonchev–Trinajstić information content (AvgIpc) is 3.49. The third-order valence-corrected chi connectivity index (χ3v) is 4.83. The topological polar surface area (TPSA) is 90.3 Å². The second-order valence-electron chi connectivity index (χ2n) is 6.88. The first kappa shape index (κ1) is 18.8. The van der Waals surface area contributed by atoms with E-state index in [1.165, 1.54) is 7.05 Å². The number of hydrogen-bond acceptors (Lipinski definition) is 5. The Bertz CT molecular complexity index is 917. The summed E-state index contributed by atoms with van der Waals surface area (Å²) in [6, 6.07) is 9.65. The van der Waals surface area contributed by atoms with Crippen molar-refractivity contribution in [2.24, 2.45) is 13.0 Å². The number of ether oxygens (including phenoxy) is 1. The number of esters is 1. The first-order valence-corrected chi connectivity index (χ1v) is 8.94. The quantitative estimate of drug-likeness (QED) is 0.785. The van der Waals surface area contributed by atoms with Gasteiger partial charge in [-0.05, 0) is 43.7 Å². The molecule has 1 atom stereocenters. The Morgan fingerprint density at radius 3 is 2.56 bits per heavy atom. The number of carbonyl (C=O) groups is 2. The Labute approximate surface area is 157 Å². The van der Waals surface area contributed by atoms with E-state index in [0.29, 0.717) is 17.2 Å². The van der Waals surface area contributed by atoms with Crippen molar-refractivity contribution in [3.05, 3.63) is 63.1 Å². The SMILES string of the molecule is Cc1nn(C)c(=O)c(C(=O)OCC(=O)N[C@H](c2ccccc2)C2CC2)c1C. The number of aryl methyl sites for hydroxylation is 2. The molecular formula is C20H23N3O4. The van der Waals surface area contributed by atoms with E-state index in [0.717, 1.165) is 23.1 Å². The molecule has 0 saturated heterocycles. The fourth-order valence-electron chi connectivity index (χ4n) is 3.07. The number of benzene rings is 1. The summed E-state index contributed by atoms with van der Waals surface area (Å²) in [4.78, 5) is 36.9. The molecule has 142 valence electrons. The lowest BCUT2D eigenvalue weighted by atomic mass is 10.0. The molecule has 0 spiro atoms. The van der Waals surface area contributed by atoms with E-state index < -0.39 is 18.1 Å². The van der Waals surface area contributed by atoms with Crippen molar-refractivity contribution in [3.8, 4) is 0 Å². The minimum atomic E-state index is -0.809. The van der Waals surface area contributed by atoms with Crippen LogP contribution in [0.5, 0.6) is 0 Å². The zero-order valence-electron chi connectivity index (χ0n) is 15.7. The van der Waals surface area contributed by atoms with Gasteiger partial charge in [-0.15, -0.1) is 0 Å². The van der Waals surface area contributed by atoms with Crippen LogP contribution in [-0.2, 0) is 16.6 Å². The number of hydrogen-bond donors (Lipinski definition) is 1. The molecule has 1 amide bonds. The molecule has 1 aliphatic rings. The first-order valence-electron chi connectivity index (χ1n) is 8.94. The Kier molecular flexibility index (Phi) is 5.39. The molecule has 1 aromatic carbocycles. The lowest BCUT2D eigenvalue weighted by Gasteiger charge is -2.19. The fraction of sp³-hybridized carbons (Fsp3) is 0.400. The van der Waals surface area contributed by atoms with Gasteiger partial charge >= 0.3 is 5.97 Å². The normalized spacial score (nSPS) is 14.5. The van der Waals surface area contributed by atoms with Gasteiger partial charge in [0.2, 0.25) is 0 Å². The van der Waals surface area contributed by atoms with Gasteiger partial charge in [-0.2, -0.15) is 5.10 Å². The largest absolute Gasteiger partial charge is 0.452 e. The molecule has 2 aromatic rings. The third kappa shape index (κ3) is 4.24. The third-order valence-electron chi connectivity index (χ3n) is 4.83. The van der Waals surface area contributed by atoms with Gasteiger partial charge < -0.3 is 10.1 Å². The van der Waals surface area contributed by atoms with Crippen LogP contribution in [0.4, 0.5) is 0 Å². The van der Waals surface area contributed by atoms with E-state index in [1.54, 1.807) is 13.8 Å². The zero-order chi connectivity index (χ0) is 19.6. The fourth-order valence-corrected chi connectivity index (χ4v) is 3.07. The Morgan fingerprint density at radius 2 is 1.93 bits per heavy atom. The monoisotopic (exact) mass is 369 g/mol. The van der Waals surface area contributed by atoms with Crippen molar-refractivity contribution in [1.29, 1.82) is 0 Å². The van der Waals surface area contributed by atoms with Gasteiger partial charge in [0, 0.05) is 7.05 Å². The number of nitrogens with zero attached hydrogens (tertiary/aromatic N) is 2. The highest BCUT2D eigenvalue weighted by Gasteiger charge is 2.33. The Morgan fingerprint density at radius 1 is 1.26 bits per heavy atom. The molecule has 1 fully saturated rings. The van der Waals surface area contributed by atoms with Crippen LogP contribution >= 0.6 is 0 Å². The molecule has 27 heavy (non-hydrogen) atoms. The van der Waals surface area contributed by atoms with Gasteiger partial charge in [0.1, 0.15) is 5.56 Å². The van der Waals surface area contributed by atoms with E-state index in [1.807, 2.05) is 30.3 Å². The molecule has 1 aromatic heterocycles. The average molecular weight is 369 g/mol. The molecule has 1 N–H and O–H groups in total. The van der Waals surface area contributed by atoms with Gasteiger partial charge in [-0.3, -0.25) is 9.59 Å². The van der Waals surface area contributed by atoms with Crippen molar-refractivity contribution < 1.29 is 14.3 Å². The summed E-state index contributed by atoms with van der Waals surface area (Å²) in [7, 11) is 1.47. The molecule has 7 heteroatoms. The van der Waals surface area contributed by atoms with E-state index in [2.05, 4.69) is 10.4 Å². The molecular weight excluding hydrogens is 346 g/mol. The summed E-state index contributed by atoms with van der Waals surface area (Å²) in [5, 5.41) is 6.97. The molecule has 0 unspecified atom stereocenters. The smallest absolute Gasteiger partial charge is 0.344 e. The molecule has 0 bridgehead atoms. The van der Waals surface area contributed by atoms with Crippen molar-refractivity contribution >= 4 is 11.9 Å². The molecule has 3 rings (SSSR count). The standard InChI is InChI=1S/C20H23N3O4/c1-12-13(2)22-23(3)19(25)17(12)20(26)27-11-16(24)21-18(15-9-10-15)14-7-5-4-6-8-14/h4-8,15,18H,9-11H2,1-3H3,(H,21,24)/t18-/m1/s1. The summed E-state index contributed by atoms with van der Waals surface area (Å²) < 4.78 is 6.20. The van der Waals surface area contributed by atoms with Crippen LogP contribution in [0.3, 0.4) is 0 Å². The predicted molar refractivity (Wildman–Crippen MR) is 99.3 cm³/mol. The van der Waals surface area contributed by atoms with Gasteiger partial charge in [-0.1, -0.05) is 30.3 Å². The minimum absolute atomic E-state index is 0.0837. The van der Waals surface area contributed by atoms with Crippen LogP contribution in [0.15, 0.2) is 35.1 Å². The van der Waals surface area contributed by atoms with Gasteiger partial charge in [0.05, 0.1) is 11.7 Å². The van der Waals surface area contributed by atoms with Gasteiger partial charge in [-0.25, -0.2) is 9.48 Å². The van der Waals surface area contributed by atoms with Crippen LogP contribution in [-0.4, -0.2) is 28.3 Å². The van der Waals surface area contributed by atoms with E-state index >= 15 is 0 Å². The molecule has 1 heterocycles. The van der Waals surface area contributed by atoms with Crippen molar-refractivity contribution in [3.63, 3.8) is 0 Å². The lowest BCUT2D eigenvalue weighted by molar-refractivity contribution is -0.125. The maximum Gasteiger partial charge on any atom is 0.344 e. The van der Waals surface area contributed by atoms with E-state index in [9.17, 15) is 14.4 Å². The maximum absolute atomic E-state index is 12.4. The summed E-state index contributed by atoms with van der Waals surface area (Å²) in [6.45, 7) is 2.91.